The smallest absolute Gasteiger partial charge is 0.251 e. The van der Waals surface area contributed by atoms with Crippen LogP contribution in [0.2, 0.25) is 0 Å². The third kappa shape index (κ3) is 5.91. The second-order valence-electron chi connectivity index (χ2n) is 4.72. The van der Waals surface area contributed by atoms with E-state index in [0.29, 0.717) is 12.0 Å². The molecule has 0 heterocycles. The molecule has 21 heavy (non-hydrogen) atoms. The molecule has 0 saturated carbocycles. The minimum atomic E-state index is -0.142. The molecule has 0 aliphatic rings. The Balaban J connectivity index is 2.59. The Morgan fingerprint density at radius 1 is 1.19 bits per heavy atom. The molecule has 0 unspecified atom stereocenters. The third-order valence-electron chi connectivity index (χ3n) is 2.97. The summed E-state index contributed by atoms with van der Waals surface area (Å²) in [5.74, 6) is -0.241. The third-order valence-corrected chi connectivity index (χ3v) is 3.17. The summed E-state index contributed by atoms with van der Waals surface area (Å²) in [6.07, 6.45) is 1.26. The van der Waals surface area contributed by atoms with Gasteiger partial charge in [-0.25, -0.2) is 0 Å². The monoisotopic (exact) mass is 307 g/mol. The first-order valence-corrected chi connectivity index (χ1v) is 7.38. The zero-order valence-corrected chi connectivity index (χ0v) is 13.3. The minimum absolute atomic E-state index is 0.0993. The molecule has 0 saturated heterocycles. The zero-order valence-electron chi connectivity index (χ0n) is 12.5. The van der Waals surface area contributed by atoms with Gasteiger partial charge in [0.25, 0.3) is 5.91 Å². The molecular weight excluding hydrogens is 286 g/mol. The molecule has 0 spiro atoms. The van der Waals surface area contributed by atoms with Crippen molar-refractivity contribution < 1.29 is 9.59 Å². The van der Waals surface area contributed by atoms with E-state index >= 15 is 0 Å². The lowest BCUT2D eigenvalue weighted by molar-refractivity contribution is -0.119. The molecule has 114 valence electrons. The summed E-state index contributed by atoms with van der Waals surface area (Å²) >= 11 is 5.01. The van der Waals surface area contributed by atoms with Gasteiger partial charge >= 0.3 is 0 Å². The van der Waals surface area contributed by atoms with Crippen molar-refractivity contribution in [3.63, 3.8) is 0 Å². The second kappa shape index (κ2) is 8.36. The topological polar surface area (TPSA) is 70.2 Å². The molecule has 2 amide bonds. The predicted molar refractivity (Wildman–Crippen MR) is 88.3 cm³/mol. The minimum Gasteiger partial charge on any atom is -0.350 e. The van der Waals surface area contributed by atoms with Crippen LogP contribution in [0.5, 0.6) is 0 Å². The molecule has 0 aliphatic heterocycles. The van der Waals surface area contributed by atoms with Gasteiger partial charge < -0.3 is 16.0 Å². The maximum atomic E-state index is 11.9. The number of rotatable bonds is 5. The summed E-state index contributed by atoms with van der Waals surface area (Å²) < 4.78 is 0. The van der Waals surface area contributed by atoms with E-state index in [-0.39, 0.29) is 23.0 Å². The van der Waals surface area contributed by atoms with E-state index in [1.165, 1.54) is 0 Å². The molecule has 0 aliphatic carbocycles. The number of hydrogen-bond donors (Lipinski definition) is 3. The molecule has 3 N–H and O–H groups in total. The van der Waals surface area contributed by atoms with Gasteiger partial charge in [0, 0.05) is 23.7 Å². The number of amides is 2. The summed E-state index contributed by atoms with van der Waals surface area (Å²) in [5, 5.41) is 8.59. The van der Waals surface area contributed by atoms with E-state index in [2.05, 4.69) is 16.0 Å². The molecule has 0 aromatic heterocycles. The number of carbonyl (C=O) groups excluding carboxylic acids is 2. The van der Waals surface area contributed by atoms with Crippen LogP contribution in [0.1, 0.15) is 44.0 Å². The highest BCUT2D eigenvalue weighted by atomic mass is 32.1. The van der Waals surface area contributed by atoms with Crippen LogP contribution in [-0.2, 0) is 4.79 Å². The van der Waals surface area contributed by atoms with Crippen LogP contribution in [0.4, 0.5) is 5.69 Å². The first-order chi connectivity index (χ1) is 9.96. The number of hydrogen-bond acceptors (Lipinski definition) is 3. The van der Waals surface area contributed by atoms with Crippen molar-refractivity contribution in [1.29, 1.82) is 0 Å². The molecule has 0 radical (unpaired) electrons. The number of nitrogens with one attached hydrogen (secondary N) is 3. The van der Waals surface area contributed by atoms with Crippen molar-refractivity contribution in [2.75, 3.05) is 5.32 Å². The Hall–Kier alpha value is -1.95. The summed E-state index contributed by atoms with van der Waals surface area (Å²) in [7, 11) is 0. The van der Waals surface area contributed by atoms with Crippen molar-refractivity contribution in [2.24, 2.45) is 0 Å². The Labute approximate surface area is 130 Å². The van der Waals surface area contributed by atoms with E-state index < -0.39 is 0 Å². The first kappa shape index (κ1) is 17.1. The predicted octanol–water partition coefficient (Wildman–Crippen LogP) is 2.44. The highest BCUT2D eigenvalue weighted by Gasteiger charge is 2.08. The van der Waals surface area contributed by atoms with Crippen LogP contribution < -0.4 is 16.0 Å². The van der Waals surface area contributed by atoms with Crippen LogP contribution in [-0.4, -0.2) is 23.0 Å². The fourth-order valence-corrected chi connectivity index (χ4v) is 1.72. The van der Waals surface area contributed by atoms with Crippen molar-refractivity contribution in [3.8, 4) is 0 Å². The number of anilines is 1. The average molecular weight is 307 g/mol. The fourth-order valence-electron chi connectivity index (χ4n) is 1.49. The molecule has 1 aromatic rings. The van der Waals surface area contributed by atoms with Crippen LogP contribution in [0, 0.1) is 0 Å². The number of benzene rings is 1. The van der Waals surface area contributed by atoms with Gasteiger partial charge in [0.2, 0.25) is 5.91 Å². The van der Waals surface area contributed by atoms with E-state index in [9.17, 15) is 9.59 Å². The summed E-state index contributed by atoms with van der Waals surface area (Å²) in [6, 6.07) is 7.06. The van der Waals surface area contributed by atoms with Crippen LogP contribution in [0.15, 0.2) is 24.3 Å². The maximum Gasteiger partial charge on any atom is 0.251 e. The number of carbonyl (C=O) groups is 2. The van der Waals surface area contributed by atoms with Crippen molar-refractivity contribution in [1.82, 2.24) is 10.6 Å². The largest absolute Gasteiger partial charge is 0.350 e. The van der Waals surface area contributed by atoms with Crippen molar-refractivity contribution in [3.05, 3.63) is 29.8 Å². The Kier molecular flexibility index (Phi) is 6.81. The molecule has 1 atom stereocenters. The first-order valence-electron chi connectivity index (χ1n) is 6.98. The molecule has 5 nitrogen and oxygen atoms in total. The highest BCUT2D eigenvalue weighted by Crippen LogP contribution is 2.10. The van der Waals surface area contributed by atoms with E-state index in [0.717, 1.165) is 12.1 Å². The van der Waals surface area contributed by atoms with Gasteiger partial charge in [-0.15, -0.1) is 0 Å². The molecule has 1 aromatic carbocycles. The fraction of sp³-hybridized carbons (Fsp3) is 0.400. The van der Waals surface area contributed by atoms with Gasteiger partial charge in [0.15, 0.2) is 5.11 Å². The van der Waals surface area contributed by atoms with Crippen LogP contribution >= 0.6 is 12.2 Å². The van der Waals surface area contributed by atoms with E-state index in [1.54, 1.807) is 31.2 Å². The van der Waals surface area contributed by atoms with Crippen LogP contribution in [0.25, 0.3) is 0 Å². The number of thiocarbonyl (C=S) groups is 1. The van der Waals surface area contributed by atoms with E-state index in [4.69, 9.17) is 12.2 Å². The van der Waals surface area contributed by atoms with Crippen LogP contribution in [0.3, 0.4) is 0 Å². The van der Waals surface area contributed by atoms with Crippen molar-refractivity contribution >= 4 is 34.8 Å². The van der Waals surface area contributed by atoms with Gasteiger partial charge in [0.1, 0.15) is 0 Å². The molecular formula is C15H21N3O2S. The normalized spacial score (nSPS) is 11.4. The van der Waals surface area contributed by atoms with Gasteiger partial charge in [0.05, 0.1) is 0 Å². The quantitative estimate of drug-likeness (QED) is 0.731. The second-order valence-corrected chi connectivity index (χ2v) is 5.12. The Bertz CT molecular complexity index is 514. The highest BCUT2D eigenvalue weighted by molar-refractivity contribution is 7.80. The Morgan fingerprint density at radius 2 is 1.81 bits per heavy atom. The van der Waals surface area contributed by atoms with Gasteiger partial charge in [-0.1, -0.05) is 13.8 Å². The molecule has 0 fully saturated rings. The van der Waals surface area contributed by atoms with Gasteiger partial charge in [-0.05, 0) is 49.8 Å². The lowest BCUT2D eigenvalue weighted by atomic mass is 10.1. The molecule has 1 rings (SSSR count). The lowest BCUT2D eigenvalue weighted by Crippen LogP contribution is -2.33. The van der Waals surface area contributed by atoms with Crippen molar-refractivity contribution in [2.45, 2.75) is 39.7 Å². The average Bonchev–Trinajstić information content (AvgIpc) is 2.47. The standard InChI is InChI=1S/C15H21N3O2S/c1-4-10(3)16-14(20)11-6-8-12(9-7-11)17-15(21)18-13(19)5-2/h6-10H,4-5H2,1-3H3,(H,16,20)(H2,17,18,19,21)/t10-/m1/s1. The Morgan fingerprint density at radius 3 is 2.33 bits per heavy atom. The summed E-state index contributed by atoms with van der Waals surface area (Å²) in [4.78, 5) is 23.1. The SMILES string of the molecule is CCC(=O)NC(=S)Nc1ccc(C(=O)N[C@H](C)CC)cc1. The van der Waals surface area contributed by atoms with E-state index in [1.807, 2.05) is 13.8 Å². The lowest BCUT2D eigenvalue weighted by Gasteiger charge is -2.12. The molecule has 0 bridgehead atoms. The maximum absolute atomic E-state index is 11.9. The summed E-state index contributed by atoms with van der Waals surface area (Å²) in [5.41, 5.74) is 1.31. The van der Waals surface area contributed by atoms with Gasteiger partial charge in [-0.2, -0.15) is 0 Å². The molecule has 6 heteroatoms. The van der Waals surface area contributed by atoms with Gasteiger partial charge in [-0.3, -0.25) is 9.59 Å². The zero-order chi connectivity index (χ0) is 15.8. The summed E-state index contributed by atoms with van der Waals surface area (Å²) in [6.45, 7) is 5.73.